The van der Waals surface area contributed by atoms with Crippen molar-refractivity contribution >= 4 is 17.9 Å². The molecule has 1 unspecified atom stereocenters. The molecule has 0 spiro atoms. The van der Waals surface area contributed by atoms with Gasteiger partial charge in [-0.2, -0.15) is 0 Å². The van der Waals surface area contributed by atoms with E-state index in [9.17, 15) is 14.4 Å². The van der Waals surface area contributed by atoms with Gasteiger partial charge in [-0.15, -0.1) is 0 Å². The maximum absolute atomic E-state index is 12.9. The van der Waals surface area contributed by atoms with Gasteiger partial charge in [0.05, 0.1) is 0 Å². The van der Waals surface area contributed by atoms with Crippen molar-refractivity contribution in [3.05, 3.63) is 122 Å². The average molecular weight is 1110 g/mol. The molecule has 0 bridgehead atoms. The third-order valence-corrected chi connectivity index (χ3v) is 14.2. The van der Waals surface area contributed by atoms with Crippen molar-refractivity contribution in [3.63, 3.8) is 0 Å². The highest BCUT2D eigenvalue weighted by Crippen LogP contribution is 2.15. The number of carbonyl (C=O) groups is 3. The van der Waals surface area contributed by atoms with Crippen LogP contribution in [-0.2, 0) is 28.6 Å². The molecule has 0 aromatic carbocycles. The van der Waals surface area contributed by atoms with Gasteiger partial charge in [-0.1, -0.05) is 277 Å². The zero-order chi connectivity index (χ0) is 57.8. The summed E-state index contributed by atoms with van der Waals surface area (Å²) in [6, 6.07) is 0. The van der Waals surface area contributed by atoms with Gasteiger partial charge in [0.2, 0.25) is 0 Å². The largest absolute Gasteiger partial charge is 0.462 e. The lowest BCUT2D eigenvalue weighted by Crippen LogP contribution is -2.30. The Morgan fingerprint density at radius 3 is 0.800 bits per heavy atom. The Kier molecular flexibility index (Phi) is 63.8. The van der Waals surface area contributed by atoms with E-state index in [1.807, 2.05) is 0 Å². The first kappa shape index (κ1) is 75.8. The predicted molar refractivity (Wildman–Crippen MR) is 348 cm³/mol. The van der Waals surface area contributed by atoms with Gasteiger partial charge in [-0.25, -0.2) is 0 Å². The molecule has 0 radical (unpaired) electrons. The van der Waals surface area contributed by atoms with Gasteiger partial charge in [-0.3, -0.25) is 14.4 Å². The molecule has 0 aliphatic heterocycles. The quantitative estimate of drug-likeness (QED) is 0.0261. The summed E-state index contributed by atoms with van der Waals surface area (Å²) in [4.78, 5) is 38.4. The molecule has 80 heavy (non-hydrogen) atoms. The molecule has 0 amide bonds. The van der Waals surface area contributed by atoms with Crippen LogP contribution in [0.4, 0.5) is 0 Å². The van der Waals surface area contributed by atoms with Crippen molar-refractivity contribution in [3.8, 4) is 0 Å². The Morgan fingerprint density at radius 2 is 0.487 bits per heavy atom. The second-order valence-electron chi connectivity index (χ2n) is 22.0. The van der Waals surface area contributed by atoms with E-state index in [1.165, 1.54) is 148 Å². The highest BCUT2D eigenvalue weighted by Gasteiger charge is 2.19. The smallest absolute Gasteiger partial charge is 0.306 e. The SMILES string of the molecule is CC/C=C\C/C=C\C/C=C\C/C=C\C/C=C\C/C=C\C/C=C\CCCCCC(=O)OCC(COC(=O)CCCCCCCCC/C=C\C/C=C\CCCCCC)OC(=O)CCCCCCCCCCC/C=C\CCCCCCCC. The normalized spacial score (nSPS) is 12.9. The molecular formula is C74H124O6. The first-order chi connectivity index (χ1) is 39.5. The Labute approximate surface area is 494 Å². The van der Waals surface area contributed by atoms with E-state index in [0.29, 0.717) is 19.3 Å². The number of ether oxygens (including phenoxy) is 3. The van der Waals surface area contributed by atoms with Crippen LogP contribution in [-0.4, -0.2) is 37.2 Å². The molecule has 6 nitrogen and oxygen atoms in total. The third-order valence-electron chi connectivity index (χ3n) is 14.2. The lowest BCUT2D eigenvalue weighted by molar-refractivity contribution is -0.167. The third kappa shape index (κ3) is 64.6. The zero-order valence-electron chi connectivity index (χ0n) is 52.3. The highest BCUT2D eigenvalue weighted by molar-refractivity contribution is 5.71. The Bertz CT molecular complexity index is 1650. The van der Waals surface area contributed by atoms with Crippen LogP contribution in [0.2, 0.25) is 0 Å². The minimum atomic E-state index is -0.802. The van der Waals surface area contributed by atoms with Gasteiger partial charge >= 0.3 is 17.9 Å². The van der Waals surface area contributed by atoms with Gasteiger partial charge in [0.15, 0.2) is 6.10 Å². The van der Waals surface area contributed by atoms with E-state index < -0.39 is 6.10 Å². The van der Waals surface area contributed by atoms with Crippen molar-refractivity contribution < 1.29 is 28.6 Å². The number of rotatable bonds is 60. The number of hydrogen-bond donors (Lipinski definition) is 0. The molecule has 0 rings (SSSR count). The van der Waals surface area contributed by atoms with Crippen molar-refractivity contribution in [1.29, 1.82) is 0 Å². The molecule has 0 saturated heterocycles. The summed E-state index contributed by atoms with van der Waals surface area (Å²) >= 11 is 0. The number of allylic oxidation sites excluding steroid dienone is 20. The van der Waals surface area contributed by atoms with Gasteiger partial charge in [0.25, 0.3) is 0 Å². The summed E-state index contributed by atoms with van der Waals surface area (Å²) in [5.41, 5.74) is 0. The van der Waals surface area contributed by atoms with Gasteiger partial charge in [-0.05, 0) is 135 Å². The van der Waals surface area contributed by atoms with E-state index in [1.54, 1.807) is 0 Å². The summed E-state index contributed by atoms with van der Waals surface area (Å²) in [5.74, 6) is -0.930. The summed E-state index contributed by atoms with van der Waals surface area (Å²) in [7, 11) is 0. The molecule has 0 fully saturated rings. The molecule has 0 aromatic heterocycles. The topological polar surface area (TPSA) is 78.9 Å². The second kappa shape index (κ2) is 67.3. The fourth-order valence-corrected chi connectivity index (χ4v) is 9.15. The fourth-order valence-electron chi connectivity index (χ4n) is 9.15. The second-order valence-corrected chi connectivity index (χ2v) is 22.0. The lowest BCUT2D eigenvalue weighted by atomic mass is 10.1. The number of hydrogen-bond acceptors (Lipinski definition) is 6. The van der Waals surface area contributed by atoms with E-state index in [2.05, 4.69) is 142 Å². The lowest BCUT2D eigenvalue weighted by Gasteiger charge is -2.18. The fraction of sp³-hybridized carbons (Fsp3) is 0.689. The average Bonchev–Trinajstić information content (AvgIpc) is 3.46. The molecule has 456 valence electrons. The van der Waals surface area contributed by atoms with Crippen molar-refractivity contribution in [2.45, 2.75) is 316 Å². The molecule has 6 heteroatoms. The van der Waals surface area contributed by atoms with Gasteiger partial charge < -0.3 is 14.2 Å². The van der Waals surface area contributed by atoms with Crippen LogP contribution in [0, 0.1) is 0 Å². The number of esters is 3. The maximum Gasteiger partial charge on any atom is 0.306 e. The van der Waals surface area contributed by atoms with E-state index in [-0.39, 0.29) is 31.1 Å². The minimum Gasteiger partial charge on any atom is -0.462 e. The van der Waals surface area contributed by atoms with Crippen molar-refractivity contribution in [2.75, 3.05) is 13.2 Å². The number of unbranched alkanes of at least 4 members (excludes halogenated alkanes) is 29. The van der Waals surface area contributed by atoms with Gasteiger partial charge in [0, 0.05) is 19.3 Å². The van der Waals surface area contributed by atoms with E-state index in [0.717, 1.165) is 122 Å². The molecule has 0 aromatic rings. The van der Waals surface area contributed by atoms with Crippen LogP contribution in [0.15, 0.2) is 122 Å². The van der Waals surface area contributed by atoms with Crippen LogP contribution in [0.1, 0.15) is 310 Å². The van der Waals surface area contributed by atoms with Crippen LogP contribution < -0.4 is 0 Å². The first-order valence-corrected chi connectivity index (χ1v) is 33.5. The molecule has 1 atom stereocenters. The predicted octanol–water partition coefficient (Wildman–Crippen LogP) is 23.2. The van der Waals surface area contributed by atoms with Crippen molar-refractivity contribution in [1.82, 2.24) is 0 Å². The summed E-state index contributed by atoms with van der Waals surface area (Å²) in [6.07, 6.45) is 93.4. The molecule has 0 aliphatic rings. The molecular weight excluding hydrogens is 985 g/mol. The first-order valence-electron chi connectivity index (χ1n) is 33.5. The Balaban J connectivity index is 4.47. The molecule has 0 saturated carbocycles. The standard InChI is InChI=1S/C74H124O6/c1-4-7-10-13-16-19-22-25-28-31-34-35-36-37-38-39-41-43-46-49-52-55-58-61-64-67-73(76)79-70-71(69-78-72(75)66-63-60-57-54-51-48-45-42-33-30-27-24-21-18-15-12-9-6-3)80-74(77)68-65-62-59-56-53-50-47-44-40-32-29-26-23-20-17-14-11-8-5-2/h7,10,16,19,21,24-26,28-30,33-35,37-38,41,43,49,52,71H,4-6,8-9,11-15,17-18,20,22-23,27,31-32,36,39-40,42,44-48,50-51,53-70H2,1-3H3/b10-7-,19-16-,24-21-,28-25-,29-26-,33-30-,35-34-,38-37-,43-41-,52-49-. The Morgan fingerprint density at radius 1 is 0.263 bits per heavy atom. The van der Waals surface area contributed by atoms with E-state index in [4.69, 9.17) is 14.2 Å². The molecule has 0 aliphatic carbocycles. The zero-order valence-corrected chi connectivity index (χ0v) is 52.3. The van der Waals surface area contributed by atoms with Crippen LogP contribution >= 0.6 is 0 Å². The number of carbonyl (C=O) groups excluding carboxylic acids is 3. The monoisotopic (exact) mass is 1110 g/mol. The summed E-state index contributed by atoms with van der Waals surface area (Å²) in [5, 5.41) is 0. The van der Waals surface area contributed by atoms with Crippen LogP contribution in [0.25, 0.3) is 0 Å². The maximum atomic E-state index is 12.9. The molecule has 0 N–H and O–H groups in total. The molecule has 0 heterocycles. The van der Waals surface area contributed by atoms with Crippen molar-refractivity contribution in [2.24, 2.45) is 0 Å². The minimum absolute atomic E-state index is 0.0952. The van der Waals surface area contributed by atoms with E-state index >= 15 is 0 Å². The summed E-state index contributed by atoms with van der Waals surface area (Å²) in [6.45, 7) is 6.49. The van der Waals surface area contributed by atoms with Crippen LogP contribution in [0.5, 0.6) is 0 Å². The highest BCUT2D eigenvalue weighted by atomic mass is 16.6. The van der Waals surface area contributed by atoms with Crippen LogP contribution in [0.3, 0.4) is 0 Å². The van der Waals surface area contributed by atoms with Gasteiger partial charge in [0.1, 0.15) is 13.2 Å². The Hall–Kier alpha value is -4.19. The summed E-state index contributed by atoms with van der Waals surface area (Å²) < 4.78 is 16.9.